The Kier molecular flexibility index (Phi) is 7.73. The summed E-state index contributed by atoms with van der Waals surface area (Å²) >= 11 is 1.28. The summed E-state index contributed by atoms with van der Waals surface area (Å²) in [6.07, 6.45) is -0.383. The number of nitrogens with one attached hydrogen (secondary N) is 1. The summed E-state index contributed by atoms with van der Waals surface area (Å²) < 4.78 is 13.4. The van der Waals surface area contributed by atoms with Crippen LogP contribution in [0.2, 0.25) is 0 Å². The van der Waals surface area contributed by atoms with Crippen molar-refractivity contribution in [1.29, 1.82) is 5.26 Å². The second-order valence-corrected chi connectivity index (χ2v) is 8.15. The molecule has 1 amide bonds. The van der Waals surface area contributed by atoms with E-state index in [1.807, 2.05) is 49.6 Å². The first-order valence-corrected chi connectivity index (χ1v) is 11.1. The minimum Gasteiger partial charge on any atom is -0.493 e. The summed E-state index contributed by atoms with van der Waals surface area (Å²) in [5.41, 5.74) is 0.909. The number of nitrogens with zero attached hydrogens (tertiary/aromatic N) is 4. The number of benzene rings is 2. The quantitative estimate of drug-likeness (QED) is 0.474. The van der Waals surface area contributed by atoms with Gasteiger partial charge in [-0.15, -0.1) is 10.2 Å². The van der Waals surface area contributed by atoms with Crippen molar-refractivity contribution in [1.82, 2.24) is 14.8 Å². The zero-order valence-corrected chi connectivity index (χ0v) is 19.2. The van der Waals surface area contributed by atoms with Crippen LogP contribution in [0.4, 0.5) is 5.69 Å². The van der Waals surface area contributed by atoms with Crippen LogP contribution in [0.1, 0.15) is 44.3 Å². The van der Waals surface area contributed by atoms with Crippen molar-refractivity contribution in [3.63, 3.8) is 0 Å². The van der Waals surface area contributed by atoms with Crippen LogP contribution in [0.25, 0.3) is 0 Å². The molecule has 3 aromatic rings. The molecule has 0 radical (unpaired) electrons. The molecule has 1 heterocycles. The molecule has 32 heavy (non-hydrogen) atoms. The normalized spacial score (nSPS) is 11.6. The van der Waals surface area contributed by atoms with Crippen molar-refractivity contribution in [2.75, 3.05) is 18.2 Å². The summed E-state index contributed by atoms with van der Waals surface area (Å²) in [6, 6.07) is 16.4. The molecular weight excluding hydrogens is 426 g/mol. The van der Waals surface area contributed by atoms with Gasteiger partial charge in [0.15, 0.2) is 28.6 Å². The Labute approximate surface area is 191 Å². The highest BCUT2D eigenvalue weighted by Crippen LogP contribution is 2.32. The van der Waals surface area contributed by atoms with E-state index in [4.69, 9.17) is 9.47 Å². The van der Waals surface area contributed by atoms with E-state index in [2.05, 4.69) is 21.6 Å². The summed E-state index contributed by atoms with van der Waals surface area (Å²) in [7, 11) is 1.60. The third-order valence-corrected chi connectivity index (χ3v) is 5.54. The van der Waals surface area contributed by atoms with Gasteiger partial charge in [0.2, 0.25) is 5.91 Å². The van der Waals surface area contributed by atoms with Crippen LogP contribution < -0.4 is 14.8 Å². The Morgan fingerprint density at radius 1 is 1.12 bits per heavy atom. The molecule has 1 N–H and O–H groups in total. The lowest BCUT2D eigenvalue weighted by atomic mass is 10.2. The molecular formula is C23H25N5O3S. The molecule has 0 aliphatic heterocycles. The lowest BCUT2D eigenvalue weighted by Gasteiger charge is -2.19. The summed E-state index contributed by atoms with van der Waals surface area (Å²) in [5.74, 6) is 1.82. The first kappa shape index (κ1) is 23.2. The predicted octanol–water partition coefficient (Wildman–Crippen LogP) is 4.61. The van der Waals surface area contributed by atoms with Gasteiger partial charge in [0.05, 0.1) is 24.1 Å². The van der Waals surface area contributed by atoms with Gasteiger partial charge in [0.25, 0.3) is 0 Å². The second kappa shape index (κ2) is 10.7. The zero-order chi connectivity index (χ0) is 23.1. The van der Waals surface area contributed by atoms with Crippen LogP contribution >= 0.6 is 11.8 Å². The van der Waals surface area contributed by atoms with Crippen molar-refractivity contribution in [3.05, 3.63) is 59.9 Å². The van der Waals surface area contributed by atoms with Gasteiger partial charge < -0.3 is 19.4 Å². The summed E-state index contributed by atoms with van der Waals surface area (Å²) in [6.45, 7) is 5.95. The van der Waals surface area contributed by atoms with Gasteiger partial charge in [0.1, 0.15) is 6.07 Å². The fourth-order valence-corrected chi connectivity index (χ4v) is 3.99. The maximum atomic E-state index is 12.5. The van der Waals surface area contributed by atoms with Gasteiger partial charge in [-0.1, -0.05) is 36.0 Å². The minimum atomic E-state index is -0.383. The Balaban J connectivity index is 1.72. The highest BCUT2D eigenvalue weighted by atomic mass is 32.2. The maximum Gasteiger partial charge on any atom is 0.234 e. The number of nitriles is 1. The fourth-order valence-electron chi connectivity index (χ4n) is 3.11. The lowest BCUT2D eigenvalue weighted by molar-refractivity contribution is -0.113. The van der Waals surface area contributed by atoms with Crippen molar-refractivity contribution >= 4 is 23.4 Å². The SMILES string of the molecule is COc1ccccc1OC(C)c1nnc(SCC(=O)Nc2ccccc2C#N)n1C(C)C. The summed E-state index contributed by atoms with van der Waals surface area (Å²) in [4.78, 5) is 12.5. The number of ether oxygens (including phenoxy) is 2. The van der Waals surface area contributed by atoms with Gasteiger partial charge in [0, 0.05) is 6.04 Å². The van der Waals surface area contributed by atoms with E-state index in [-0.39, 0.29) is 23.8 Å². The second-order valence-electron chi connectivity index (χ2n) is 7.21. The smallest absolute Gasteiger partial charge is 0.234 e. The van der Waals surface area contributed by atoms with E-state index in [1.54, 1.807) is 31.4 Å². The number of para-hydroxylation sites is 3. The predicted molar refractivity (Wildman–Crippen MR) is 123 cm³/mol. The van der Waals surface area contributed by atoms with E-state index in [0.717, 1.165) is 0 Å². The van der Waals surface area contributed by atoms with E-state index in [1.165, 1.54) is 11.8 Å². The monoisotopic (exact) mass is 451 g/mol. The minimum absolute atomic E-state index is 0.0635. The number of rotatable bonds is 9. The zero-order valence-electron chi connectivity index (χ0n) is 18.4. The molecule has 0 saturated carbocycles. The highest BCUT2D eigenvalue weighted by molar-refractivity contribution is 7.99. The van der Waals surface area contributed by atoms with Crippen LogP contribution in [0.3, 0.4) is 0 Å². The molecule has 0 fully saturated rings. The highest BCUT2D eigenvalue weighted by Gasteiger charge is 2.23. The average Bonchev–Trinajstić information content (AvgIpc) is 3.23. The summed E-state index contributed by atoms with van der Waals surface area (Å²) in [5, 5.41) is 21.2. The van der Waals surface area contributed by atoms with E-state index < -0.39 is 0 Å². The van der Waals surface area contributed by atoms with Gasteiger partial charge in [-0.3, -0.25) is 4.79 Å². The van der Waals surface area contributed by atoms with Gasteiger partial charge in [-0.05, 0) is 45.0 Å². The molecule has 166 valence electrons. The number of carbonyl (C=O) groups excluding carboxylic acids is 1. The number of thioether (sulfide) groups is 1. The number of methoxy groups -OCH3 is 1. The Bertz CT molecular complexity index is 1120. The van der Waals surface area contributed by atoms with Crippen LogP contribution in [0.15, 0.2) is 53.7 Å². The number of aromatic nitrogens is 3. The van der Waals surface area contributed by atoms with Gasteiger partial charge in [-0.2, -0.15) is 5.26 Å². The molecule has 0 aliphatic carbocycles. The molecule has 3 rings (SSSR count). The fraction of sp³-hybridized carbons (Fsp3) is 0.304. The molecule has 1 atom stereocenters. The third-order valence-electron chi connectivity index (χ3n) is 4.60. The van der Waals surface area contributed by atoms with E-state index >= 15 is 0 Å². The number of anilines is 1. The molecule has 8 nitrogen and oxygen atoms in total. The Morgan fingerprint density at radius 3 is 2.50 bits per heavy atom. The van der Waals surface area contributed by atoms with Gasteiger partial charge >= 0.3 is 0 Å². The first-order chi connectivity index (χ1) is 15.4. The van der Waals surface area contributed by atoms with Crippen LogP contribution in [0, 0.1) is 11.3 Å². The molecule has 0 aliphatic rings. The first-order valence-electron chi connectivity index (χ1n) is 10.1. The van der Waals surface area contributed by atoms with E-state index in [0.29, 0.717) is 33.7 Å². The van der Waals surface area contributed by atoms with Crippen LogP contribution in [-0.2, 0) is 4.79 Å². The van der Waals surface area contributed by atoms with Crippen molar-refractivity contribution in [2.45, 2.75) is 38.1 Å². The topological polar surface area (TPSA) is 102 Å². The molecule has 0 spiro atoms. The number of amides is 1. The molecule has 1 aromatic heterocycles. The average molecular weight is 452 g/mol. The number of hydrogen-bond donors (Lipinski definition) is 1. The van der Waals surface area contributed by atoms with Crippen molar-refractivity contribution < 1.29 is 14.3 Å². The molecule has 9 heteroatoms. The molecule has 0 bridgehead atoms. The molecule has 2 aromatic carbocycles. The molecule has 0 saturated heterocycles. The lowest BCUT2D eigenvalue weighted by Crippen LogP contribution is -2.17. The Hall–Kier alpha value is -3.51. The number of hydrogen-bond acceptors (Lipinski definition) is 7. The standard InChI is InChI=1S/C23H25N5O3S/c1-15(2)28-22(16(3)31-20-12-8-7-11-19(20)30-4)26-27-23(28)32-14-21(29)25-18-10-6-5-9-17(18)13-24/h5-12,15-16H,14H2,1-4H3,(H,25,29). The molecule has 1 unspecified atom stereocenters. The largest absolute Gasteiger partial charge is 0.493 e. The maximum absolute atomic E-state index is 12.5. The number of carbonyl (C=O) groups is 1. The van der Waals surface area contributed by atoms with Crippen molar-refractivity contribution in [3.8, 4) is 17.6 Å². The van der Waals surface area contributed by atoms with E-state index in [9.17, 15) is 10.1 Å². The van der Waals surface area contributed by atoms with Crippen LogP contribution in [0.5, 0.6) is 11.5 Å². The third kappa shape index (κ3) is 5.39. The van der Waals surface area contributed by atoms with Gasteiger partial charge in [-0.25, -0.2) is 0 Å². The Morgan fingerprint density at radius 2 is 1.81 bits per heavy atom. The van der Waals surface area contributed by atoms with Crippen molar-refractivity contribution in [2.24, 2.45) is 0 Å². The van der Waals surface area contributed by atoms with Crippen LogP contribution in [-0.4, -0.2) is 33.5 Å².